The molecule has 1 atom stereocenters. The van der Waals surface area contributed by atoms with Gasteiger partial charge in [0.05, 0.1) is 24.1 Å². The van der Waals surface area contributed by atoms with Crippen LogP contribution in [0.1, 0.15) is 41.6 Å². The standard InChI is InChI=1S/C24H25BrN2O4/c1-4-26(5-2)11-12-27-21(15-7-6-8-17(13-15)30-3)20-22(28)18-14-16(25)9-10-19(18)31-23(20)24(27)29/h6-10,13-14,21H,4-5,11-12H2,1-3H3/t21-/m1/s1. The molecule has 0 saturated carbocycles. The second-order valence-corrected chi connectivity index (χ2v) is 8.43. The van der Waals surface area contributed by atoms with E-state index in [0.717, 1.165) is 23.1 Å². The number of amides is 1. The maximum atomic E-state index is 13.6. The number of rotatable bonds is 7. The maximum absolute atomic E-state index is 13.6. The Labute approximate surface area is 189 Å². The van der Waals surface area contributed by atoms with Crippen molar-refractivity contribution in [2.45, 2.75) is 19.9 Å². The van der Waals surface area contributed by atoms with Crippen molar-refractivity contribution in [1.82, 2.24) is 9.80 Å². The van der Waals surface area contributed by atoms with Crippen molar-refractivity contribution in [3.05, 3.63) is 74.0 Å². The quantitative estimate of drug-likeness (QED) is 0.495. The molecule has 0 aliphatic carbocycles. The molecule has 4 rings (SSSR count). The topological polar surface area (TPSA) is 63.0 Å². The molecular weight excluding hydrogens is 460 g/mol. The Bertz CT molecular complexity index is 1190. The highest BCUT2D eigenvalue weighted by atomic mass is 79.9. The van der Waals surface area contributed by atoms with Crippen LogP contribution in [0, 0.1) is 0 Å². The van der Waals surface area contributed by atoms with Crippen molar-refractivity contribution < 1.29 is 13.9 Å². The van der Waals surface area contributed by atoms with Gasteiger partial charge in [0.1, 0.15) is 11.3 Å². The number of hydrogen-bond acceptors (Lipinski definition) is 5. The number of fused-ring (bicyclic) bond motifs is 2. The largest absolute Gasteiger partial charge is 0.497 e. The highest BCUT2D eigenvalue weighted by Crippen LogP contribution is 2.39. The van der Waals surface area contributed by atoms with E-state index in [1.165, 1.54) is 0 Å². The molecule has 0 saturated heterocycles. The van der Waals surface area contributed by atoms with Gasteiger partial charge in [-0.25, -0.2) is 0 Å². The number of hydrogen-bond donors (Lipinski definition) is 0. The van der Waals surface area contributed by atoms with Gasteiger partial charge in [-0.3, -0.25) is 9.59 Å². The minimum atomic E-state index is -0.521. The number of carbonyl (C=O) groups is 1. The van der Waals surface area contributed by atoms with E-state index in [1.807, 2.05) is 24.3 Å². The van der Waals surface area contributed by atoms with Crippen molar-refractivity contribution in [1.29, 1.82) is 0 Å². The highest BCUT2D eigenvalue weighted by Gasteiger charge is 2.42. The van der Waals surface area contributed by atoms with Crippen LogP contribution in [0.15, 0.2) is 56.1 Å². The van der Waals surface area contributed by atoms with Crippen molar-refractivity contribution in [2.24, 2.45) is 0 Å². The van der Waals surface area contributed by atoms with E-state index >= 15 is 0 Å². The molecule has 1 aliphatic heterocycles. The van der Waals surface area contributed by atoms with Crippen molar-refractivity contribution in [3.63, 3.8) is 0 Å². The van der Waals surface area contributed by atoms with Crippen LogP contribution in [0.4, 0.5) is 0 Å². The fraction of sp³-hybridized carbons (Fsp3) is 0.333. The van der Waals surface area contributed by atoms with E-state index in [1.54, 1.807) is 30.2 Å². The summed E-state index contributed by atoms with van der Waals surface area (Å²) in [5.41, 5.74) is 1.45. The van der Waals surface area contributed by atoms with Gasteiger partial charge in [0.15, 0.2) is 5.43 Å². The molecule has 6 nitrogen and oxygen atoms in total. The number of halogens is 1. The summed E-state index contributed by atoms with van der Waals surface area (Å²) < 4.78 is 12.2. The van der Waals surface area contributed by atoms with Crippen LogP contribution in [0.5, 0.6) is 5.75 Å². The summed E-state index contributed by atoms with van der Waals surface area (Å²) in [7, 11) is 1.60. The Morgan fingerprint density at radius 1 is 1.13 bits per heavy atom. The van der Waals surface area contributed by atoms with Gasteiger partial charge in [-0.15, -0.1) is 0 Å². The van der Waals surface area contributed by atoms with E-state index in [-0.39, 0.29) is 17.1 Å². The highest BCUT2D eigenvalue weighted by molar-refractivity contribution is 9.10. The molecule has 0 spiro atoms. The first kappa shape index (κ1) is 21.6. The molecule has 1 aliphatic rings. The number of carbonyl (C=O) groups excluding carboxylic acids is 1. The number of methoxy groups -OCH3 is 1. The van der Waals surface area contributed by atoms with Crippen molar-refractivity contribution in [3.8, 4) is 5.75 Å². The first-order chi connectivity index (χ1) is 15.0. The molecule has 3 aromatic rings. The molecule has 0 N–H and O–H groups in total. The molecule has 2 heterocycles. The van der Waals surface area contributed by atoms with Crippen LogP contribution >= 0.6 is 15.9 Å². The van der Waals surface area contributed by atoms with Gasteiger partial charge < -0.3 is 19.0 Å². The van der Waals surface area contributed by atoms with Crippen LogP contribution in [0.25, 0.3) is 11.0 Å². The molecule has 162 valence electrons. The van der Waals surface area contributed by atoms with Gasteiger partial charge in [0.25, 0.3) is 5.91 Å². The Balaban J connectivity index is 1.89. The third-order valence-corrected chi connectivity index (χ3v) is 6.38. The third-order valence-electron chi connectivity index (χ3n) is 5.89. The Hall–Kier alpha value is -2.64. The molecule has 0 radical (unpaired) electrons. The number of ether oxygens (including phenoxy) is 1. The van der Waals surface area contributed by atoms with Crippen LogP contribution in [-0.4, -0.2) is 49.0 Å². The molecule has 31 heavy (non-hydrogen) atoms. The maximum Gasteiger partial charge on any atom is 0.290 e. The second kappa shape index (κ2) is 8.85. The third kappa shape index (κ3) is 3.88. The van der Waals surface area contributed by atoms with Crippen LogP contribution in [0.2, 0.25) is 0 Å². The SMILES string of the molecule is CCN(CC)CCN1C(=O)c2oc3ccc(Br)cc3c(=O)c2[C@H]1c1cccc(OC)c1. The first-order valence-electron chi connectivity index (χ1n) is 10.4. The monoisotopic (exact) mass is 484 g/mol. The normalized spacial score (nSPS) is 15.7. The number of benzene rings is 2. The molecule has 7 heteroatoms. The predicted molar refractivity (Wildman–Crippen MR) is 124 cm³/mol. The first-order valence-corrected chi connectivity index (χ1v) is 11.2. The van der Waals surface area contributed by atoms with Crippen LogP contribution in [-0.2, 0) is 0 Å². The fourth-order valence-electron chi connectivity index (χ4n) is 4.17. The molecule has 2 aromatic carbocycles. The van der Waals surface area contributed by atoms with Crippen LogP contribution in [0.3, 0.4) is 0 Å². The Kier molecular flexibility index (Phi) is 6.16. The van der Waals surface area contributed by atoms with Gasteiger partial charge in [0, 0.05) is 17.6 Å². The molecule has 0 bridgehead atoms. The molecule has 1 aromatic heterocycles. The molecule has 1 amide bonds. The lowest BCUT2D eigenvalue weighted by atomic mass is 9.98. The van der Waals surface area contributed by atoms with E-state index in [0.29, 0.717) is 35.4 Å². The van der Waals surface area contributed by atoms with Gasteiger partial charge in [0.2, 0.25) is 5.76 Å². The van der Waals surface area contributed by atoms with Crippen LogP contribution < -0.4 is 10.2 Å². The average Bonchev–Trinajstić information content (AvgIpc) is 3.07. The summed E-state index contributed by atoms with van der Waals surface area (Å²) in [5, 5.41) is 0.458. The lowest BCUT2D eigenvalue weighted by Gasteiger charge is -2.28. The minimum Gasteiger partial charge on any atom is -0.497 e. The Morgan fingerprint density at radius 3 is 2.61 bits per heavy atom. The summed E-state index contributed by atoms with van der Waals surface area (Å²) >= 11 is 3.43. The van der Waals surface area contributed by atoms with Crippen molar-refractivity contribution in [2.75, 3.05) is 33.3 Å². The van der Waals surface area contributed by atoms with Gasteiger partial charge in [-0.2, -0.15) is 0 Å². The predicted octanol–water partition coefficient (Wildman–Crippen LogP) is 4.45. The summed E-state index contributed by atoms with van der Waals surface area (Å²) in [6, 6.07) is 12.3. The minimum absolute atomic E-state index is 0.132. The van der Waals surface area contributed by atoms with Gasteiger partial charge in [-0.05, 0) is 49.0 Å². The lowest BCUT2D eigenvalue weighted by Crippen LogP contribution is -2.37. The number of nitrogens with zero attached hydrogens (tertiary/aromatic N) is 2. The van der Waals surface area contributed by atoms with Gasteiger partial charge >= 0.3 is 0 Å². The summed E-state index contributed by atoms with van der Waals surface area (Å²) in [4.78, 5) is 31.0. The zero-order chi connectivity index (χ0) is 22.1. The van der Waals surface area contributed by atoms with E-state index < -0.39 is 6.04 Å². The molecule has 0 unspecified atom stereocenters. The fourth-order valence-corrected chi connectivity index (χ4v) is 4.53. The summed E-state index contributed by atoms with van der Waals surface area (Å²) in [5.74, 6) is 0.555. The lowest BCUT2D eigenvalue weighted by molar-refractivity contribution is 0.0708. The van der Waals surface area contributed by atoms with Crippen molar-refractivity contribution >= 4 is 32.8 Å². The van der Waals surface area contributed by atoms with E-state index in [4.69, 9.17) is 9.15 Å². The van der Waals surface area contributed by atoms with Gasteiger partial charge in [-0.1, -0.05) is 41.9 Å². The van der Waals surface area contributed by atoms with E-state index in [2.05, 4.69) is 34.7 Å². The summed E-state index contributed by atoms with van der Waals surface area (Å²) in [6.07, 6.45) is 0. The summed E-state index contributed by atoms with van der Waals surface area (Å²) in [6.45, 7) is 7.19. The zero-order valence-corrected chi connectivity index (χ0v) is 19.4. The Morgan fingerprint density at radius 2 is 1.90 bits per heavy atom. The molecule has 0 fully saturated rings. The average molecular weight is 485 g/mol. The smallest absolute Gasteiger partial charge is 0.290 e. The second-order valence-electron chi connectivity index (χ2n) is 7.52. The zero-order valence-electron chi connectivity index (χ0n) is 17.9. The number of likely N-dealkylation sites (N-methyl/N-ethyl adjacent to an activating group) is 1. The van der Waals surface area contributed by atoms with E-state index in [9.17, 15) is 9.59 Å². The molecular formula is C24H25BrN2O4.